The van der Waals surface area contributed by atoms with Gasteiger partial charge in [-0.25, -0.2) is 0 Å². The van der Waals surface area contributed by atoms with E-state index in [0.717, 1.165) is 11.1 Å². The normalized spacial score (nSPS) is 19.9. The maximum absolute atomic E-state index is 12.9. The SMILES string of the molecule is CN1CC(=O)N2CCN(C(=O)c3ccc(-c4ccccc4)cc3)C[C@@H]2C1=O. The highest BCUT2D eigenvalue weighted by atomic mass is 16.2. The predicted molar refractivity (Wildman–Crippen MR) is 101 cm³/mol. The monoisotopic (exact) mass is 363 g/mol. The Bertz CT molecular complexity index is 879. The number of rotatable bonds is 2. The number of benzene rings is 2. The molecule has 27 heavy (non-hydrogen) atoms. The summed E-state index contributed by atoms with van der Waals surface area (Å²) in [6, 6.07) is 16.9. The molecule has 4 rings (SSSR count). The lowest BCUT2D eigenvalue weighted by atomic mass is 10.0. The molecule has 0 aliphatic carbocycles. The van der Waals surface area contributed by atoms with Crippen molar-refractivity contribution in [2.24, 2.45) is 0 Å². The Morgan fingerprint density at radius 1 is 0.926 bits per heavy atom. The molecule has 0 bridgehead atoms. The summed E-state index contributed by atoms with van der Waals surface area (Å²) in [6.45, 7) is 1.20. The van der Waals surface area contributed by atoms with Gasteiger partial charge >= 0.3 is 0 Å². The van der Waals surface area contributed by atoms with E-state index in [1.54, 1.807) is 16.8 Å². The van der Waals surface area contributed by atoms with Crippen molar-refractivity contribution >= 4 is 17.7 Å². The zero-order valence-electron chi connectivity index (χ0n) is 15.2. The van der Waals surface area contributed by atoms with E-state index in [1.165, 1.54) is 4.90 Å². The molecular formula is C21H21N3O3. The molecular weight excluding hydrogens is 342 g/mol. The van der Waals surface area contributed by atoms with E-state index in [9.17, 15) is 14.4 Å². The van der Waals surface area contributed by atoms with Crippen molar-refractivity contribution in [3.8, 4) is 11.1 Å². The van der Waals surface area contributed by atoms with Gasteiger partial charge in [0.1, 0.15) is 6.04 Å². The molecule has 0 saturated carbocycles. The molecule has 2 aromatic rings. The third-order valence-corrected chi connectivity index (χ3v) is 5.26. The van der Waals surface area contributed by atoms with Gasteiger partial charge in [-0.2, -0.15) is 0 Å². The van der Waals surface area contributed by atoms with Gasteiger partial charge in [0.25, 0.3) is 5.91 Å². The molecule has 6 nitrogen and oxygen atoms in total. The first-order valence-electron chi connectivity index (χ1n) is 9.04. The Labute approximate surface area is 158 Å². The van der Waals surface area contributed by atoms with Crippen molar-refractivity contribution in [2.45, 2.75) is 6.04 Å². The quantitative estimate of drug-likeness (QED) is 0.812. The fraction of sp³-hybridized carbons (Fsp3) is 0.286. The summed E-state index contributed by atoms with van der Waals surface area (Å²) in [4.78, 5) is 42.1. The minimum absolute atomic E-state index is 0.0542. The Kier molecular flexibility index (Phi) is 4.39. The summed E-state index contributed by atoms with van der Waals surface area (Å²) in [5.74, 6) is -0.268. The van der Waals surface area contributed by atoms with Crippen LogP contribution in [-0.4, -0.2) is 71.7 Å². The minimum Gasteiger partial charge on any atom is -0.335 e. The van der Waals surface area contributed by atoms with Gasteiger partial charge in [-0.3, -0.25) is 14.4 Å². The van der Waals surface area contributed by atoms with E-state index in [-0.39, 0.29) is 30.8 Å². The molecule has 2 fully saturated rings. The van der Waals surface area contributed by atoms with Crippen molar-refractivity contribution in [1.29, 1.82) is 0 Å². The number of carbonyl (C=O) groups is 3. The van der Waals surface area contributed by atoms with Crippen molar-refractivity contribution in [2.75, 3.05) is 33.2 Å². The molecule has 6 heteroatoms. The van der Waals surface area contributed by atoms with Crippen LogP contribution in [0.3, 0.4) is 0 Å². The molecule has 0 N–H and O–H groups in total. The first-order chi connectivity index (χ1) is 13.0. The van der Waals surface area contributed by atoms with Crippen LogP contribution in [0.5, 0.6) is 0 Å². The fourth-order valence-corrected chi connectivity index (χ4v) is 3.72. The third kappa shape index (κ3) is 3.18. The summed E-state index contributed by atoms with van der Waals surface area (Å²) in [5, 5.41) is 0. The number of piperazine rings is 2. The number of amides is 3. The van der Waals surface area contributed by atoms with Gasteiger partial charge in [-0.15, -0.1) is 0 Å². The maximum atomic E-state index is 12.9. The van der Waals surface area contributed by atoms with E-state index in [0.29, 0.717) is 18.7 Å². The molecule has 2 aliphatic rings. The van der Waals surface area contributed by atoms with Crippen molar-refractivity contribution in [3.05, 3.63) is 60.2 Å². The second-order valence-corrected chi connectivity index (χ2v) is 6.99. The Morgan fingerprint density at radius 2 is 1.59 bits per heavy atom. The Balaban J connectivity index is 1.50. The van der Waals surface area contributed by atoms with Crippen LogP contribution in [0.1, 0.15) is 10.4 Å². The van der Waals surface area contributed by atoms with Gasteiger partial charge in [0.2, 0.25) is 11.8 Å². The molecule has 138 valence electrons. The molecule has 0 spiro atoms. The van der Waals surface area contributed by atoms with E-state index in [4.69, 9.17) is 0 Å². The van der Waals surface area contributed by atoms with Gasteiger partial charge in [-0.1, -0.05) is 42.5 Å². The lowest BCUT2D eigenvalue weighted by Crippen LogP contribution is -2.66. The van der Waals surface area contributed by atoms with Crippen molar-refractivity contribution in [1.82, 2.24) is 14.7 Å². The number of likely N-dealkylation sites (N-methyl/N-ethyl adjacent to an activating group) is 1. The molecule has 1 atom stereocenters. The van der Waals surface area contributed by atoms with Crippen LogP contribution in [0.15, 0.2) is 54.6 Å². The first kappa shape index (κ1) is 17.3. The van der Waals surface area contributed by atoms with E-state index < -0.39 is 6.04 Å². The molecule has 2 aromatic carbocycles. The molecule has 0 unspecified atom stereocenters. The van der Waals surface area contributed by atoms with Gasteiger partial charge in [0.15, 0.2) is 0 Å². The van der Waals surface area contributed by atoms with Gasteiger partial charge in [0.05, 0.1) is 13.1 Å². The van der Waals surface area contributed by atoms with Gasteiger partial charge in [0, 0.05) is 25.7 Å². The number of fused-ring (bicyclic) bond motifs is 1. The second kappa shape index (κ2) is 6.87. The molecule has 0 radical (unpaired) electrons. The van der Waals surface area contributed by atoms with Crippen LogP contribution in [0.4, 0.5) is 0 Å². The topological polar surface area (TPSA) is 60.9 Å². The van der Waals surface area contributed by atoms with Gasteiger partial charge in [-0.05, 0) is 23.3 Å². The first-order valence-corrected chi connectivity index (χ1v) is 9.04. The number of hydrogen-bond acceptors (Lipinski definition) is 3. The average Bonchev–Trinajstić information content (AvgIpc) is 2.72. The molecule has 3 amide bonds. The summed E-state index contributed by atoms with van der Waals surface area (Å²) in [5.41, 5.74) is 2.73. The smallest absolute Gasteiger partial charge is 0.253 e. The maximum Gasteiger partial charge on any atom is 0.253 e. The Hall–Kier alpha value is -3.15. The van der Waals surface area contributed by atoms with Crippen LogP contribution in [0.25, 0.3) is 11.1 Å². The van der Waals surface area contributed by atoms with Crippen LogP contribution in [0.2, 0.25) is 0 Å². The largest absolute Gasteiger partial charge is 0.335 e. The zero-order valence-corrected chi connectivity index (χ0v) is 15.2. The predicted octanol–water partition coefficient (Wildman–Crippen LogP) is 1.48. The summed E-state index contributed by atoms with van der Waals surface area (Å²) < 4.78 is 0. The highest BCUT2D eigenvalue weighted by Gasteiger charge is 2.42. The highest BCUT2D eigenvalue weighted by molar-refractivity contribution is 5.98. The van der Waals surface area contributed by atoms with Gasteiger partial charge < -0.3 is 14.7 Å². The lowest BCUT2D eigenvalue weighted by molar-refractivity contribution is -0.157. The molecule has 0 aromatic heterocycles. The number of hydrogen-bond donors (Lipinski definition) is 0. The number of nitrogens with zero attached hydrogens (tertiary/aromatic N) is 3. The summed E-state index contributed by atoms with van der Waals surface area (Å²) in [7, 11) is 1.63. The van der Waals surface area contributed by atoms with Crippen LogP contribution in [0, 0.1) is 0 Å². The zero-order chi connectivity index (χ0) is 19.0. The van der Waals surface area contributed by atoms with Crippen LogP contribution < -0.4 is 0 Å². The van der Waals surface area contributed by atoms with Crippen molar-refractivity contribution < 1.29 is 14.4 Å². The molecule has 2 saturated heterocycles. The Morgan fingerprint density at radius 3 is 2.30 bits per heavy atom. The molecule has 2 aliphatic heterocycles. The summed E-state index contributed by atoms with van der Waals surface area (Å²) >= 11 is 0. The van der Waals surface area contributed by atoms with Crippen molar-refractivity contribution in [3.63, 3.8) is 0 Å². The number of carbonyl (C=O) groups excluding carboxylic acids is 3. The van der Waals surface area contributed by atoms with E-state index >= 15 is 0 Å². The van der Waals surface area contributed by atoms with Crippen LogP contribution in [-0.2, 0) is 9.59 Å². The second-order valence-electron chi connectivity index (χ2n) is 6.99. The third-order valence-electron chi connectivity index (χ3n) is 5.26. The average molecular weight is 363 g/mol. The standard InChI is InChI=1S/C21H21N3O3/c1-22-14-19(25)24-12-11-23(13-18(24)21(22)27)20(26)17-9-7-16(8-10-17)15-5-3-2-4-6-15/h2-10,18H,11-14H2,1H3/t18-/m1/s1. The minimum atomic E-state index is -0.572. The highest BCUT2D eigenvalue weighted by Crippen LogP contribution is 2.22. The fourth-order valence-electron chi connectivity index (χ4n) is 3.72. The van der Waals surface area contributed by atoms with E-state index in [2.05, 4.69) is 0 Å². The lowest BCUT2D eigenvalue weighted by Gasteiger charge is -2.45. The van der Waals surface area contributed by atoms with Crippen LogP contribution >= 0.6 is 0 Å². The molecule has 2 heterocycles. The van der Waals surface area contributed by atoms with E-state index in [1.807, 2.05) is 54.6 Å². The summed E-state index contributed by atoms with van der Waals surface area (Å²) in [6.07, 6.45) is 0.